The average molecular weight is 234 g/mol. The first-order valence-corrected chi connectivity index (χ1v) is 5.98. The molecule has 4 nitrogen and oxygen atoms in total. The van der Waals surface area contributed by atoms with Crippen molar-refractivity contribution >= 4 is 11.3 Å². The molecule has 0 amide bonds. The molecule has 0 bridgehead atoms. The second-order valence-corrected chi connectivity index (χ2v) is 4.81. The first kappa shape index (κ1) is 11.2. The van der Waals surface area contributed by atoms with Gasteiger partial charge in [-0.1, -0.05) is 0 Å². The monoisotopic (exact) mass is 234 g/mol. The van der Waals surface area contributed by atoms with E-state index < -0.39 is 0 Å². The van der Waals surface area contributed by atoms with E-state index in [4.69, 9.17) is 5.73 Å². The second-order valence-electron chi connectivity index (χ2n) is 3.75. The van der Waals surface area contributed by atoms with Gasteiger partial charge in [0.25, 0.3) is 0 Å². The number of aromatic nitrogens is 3. The molecule has 2 N–H and O–H groups in total. The van der Waals surface area contributed by atoms with Gasteiger partial charge in [0, 0.05) is 18.0 Å². The number of aryl methyl sites for hydroxylation is 2. The predicted octanol–water partition coefficient (Wildman–Crippen LogP) is 1.79. The summed E-state index contributed by atoms with van der Waals surface area (Å²) in [4.78, 5) is 12.8. The van der Waals surface area contributed by atoms with Crippen LogP contribution in [0.1, 0.15) is 28.1 Å². The van der Waals surface area contributed by atoms with Gasteiger partial charge in [-0.25, -0.2) is 4.98 Å². The highest BCUT2D eigenvalue weighted by Crippen LogP contribution is 2.15. The van der Waals surface area contributed by atoms with Crippen LogP contribution < -0.4 is 5.73 Å². The van der Waals surface area contributed by atoms with Crippen LogP contribution in [0.3, 0.4) is 0 Å². The summed E-state index contributed by atoms with van der Waals surface area (Å²) in [7, 11) is 0. The van der Waals surface area contributed by atoms with E-state index in [0.717, 1.165) is 22.1 Å². The number of thiazole rings is 1. The third kappa shape index (κ3) is 2.62. The topological polar surface area (TPSA) is 64.7 Å². The summed E-state index contributed by atoms with van der Waals surface area (Å²) in [6.07, 6.45) is 4.18. The van der Waals surface area contributed by atoms with Crippen molar-refractivity contribution in [2.24, 2.45) is 5.73 Å². The maximum absolute atomic E-state index is 6.05. The van der Waals surface area contributed by atoms with Crippen LogP contribution in [-0.4, -0.2) is 15.0 Å². The standard InChI is InChI=1S/C11H14N4S/c1-7-4-14-11(5-13-7)10(12)3-9-6-16-8(2)15-9/h4-6,10H,3,12H2,1-2H3. The lowest BCUT2D eigenvalue weighted by atomic mass is 10.1. The van der Waals surface area contributed by atoms with E-state index in [1.807, 2.05) is 19.2 Å². The lowest BCUT2D eigenvalue weighted by Crippen LogP contribution is -2.15. The lowest BCUT2D eigenvalue weighted by molar-refractivity contribution is 0.679. The largest absolute Gasteiger partial charge is 0.322 e. The van der Waals surface area contributed by atoms with Crippen LogP contribution in [0.2, 0.25) is 0 Å². The summed E-state index contributed by atoms with van der Waals surface area (Å²) < 4.78 is 0. The van der Waals surface area contributed by atoms with Crippen molar-refractivity contribution in [3.05, 3.63) is 39.9 Å². The minimum absolute atomic E-state index is 0.130. The number of nitrogens with zero attached hydrogens (tertiary/aromatic N) is 3. The van der Waals surface area contributed by atoms with Gasteiger partial charge < -0.3 is 5.73 Å². The molecule has 1 unspecified atom stereocenters. The van der Waals surface area contributed by atoms with E-state index in [0.29, 0.717) is 6.42 Å². The van der Waals surface area contributed by atoms with Gasteiger partial charge in [0.2, 0.25) is 0 Å². The Bertz CT molecular complexity index is 463. The maximum atomic E-state index is 6.05. The molecule has 16 heavy (non-hydrogen) atoms. The Morgan fingerprint density at radius 1 is 1.31 bits per heavy atom. The molecule has 0 aliphatic rings. The van der Waals surface area contributed by atoms with Crippen molar-refractivity contribution in [2.75, 3.05) is 0 Å². The van der Waals surface area contributed by atoms with Crippen LogP contribution in [-0.2, 0) is 6.42 Å². The molecular formula is C11H14N4S. The summed E-state index contributed by atoms with van der Waals surface area (Å²) in [6, 6.07) is -0.130. The molecule has 0 spiro atoms. The first-order chi connectivity index (χ1) is 7.65. The Kier molecular flexibility index (Phi) is 3.26. The van der Waals surface area contributed by atoms with Crippen LogP contribution in [0.15, 0.2) is 17.8 Å². The SMILES string of the molecule is Cc1cnc(C(N)Cc2csc(C)n2)cn1. The molecule has 0 aliphatic heterocycles. The number of nitrogens with two attached hydrogens (primary N) is 1. The van der Waals surface area contributed by atoms with Crippen LogP contribution in [0, 0.1) is 13.8 Å². The van der Waals surface area contributed by atoms with Crippen LogP contribution in [0.4, 0.5) is 0 Å². The number of rotatable bonds is 3. The third-order valence-electron chi connectivity index (χ3n) is 2.28. The second kappa shape index (κ2) is 4.67. The van der Waals surface area contributed by atoms with E-state index in [-0.39, 0.29) is 6.04 Å². The normalized spacial score (nSPS) is 12.7. The molecule has 2 aromatic heterocycles. The fraction of sp³-hybridized carbons (Fsp3) is 0.364. The lowest BCUT2D eigenvalue weighted by Gasteiger charge is -2.08. The molecule has 0 aliphatic carbocycles. The Balaban J connectivity index is 2.08. The number of hydrogen-bond acceptors (Lipinski definition) is 5. The van der Waals surface area contributed by atoms with E-state index in [1.165, 1.54) is 0 Å². The molecule has 2 heterocycles. The van der Waals surface area contributed by atoms with Gasteiger partial charge in [0.15, 0.2) is 0 Å². The van der Waals surface area contributed by atoms with Gasteiger partial charge in [0.05, 0.1) is 34.3 Å². The summed E-state index contributed by atoms with van der Waals surface area (Å²) in [5, 5.41) is 3.11. The van der Waals surface area contributed by atoms with Gasteiger partial charge in [-0.2, -0.15) is 0 Å². The molecular weight excluding hydrogens is 220 g/mol. The highest BCUT2D eigenvalue weighted by atomic mass is 32.1. The van der Waals surface area contributed by atoms with Gasteiger partial charge in [0.1, 0.15) is 0 Å². The summed E-state index contributed by atoms with van der Waals surface area (Å²) in [5.74, 6) is 0. The summed E-state index contributed by atoms with van der Waals surface area (Å²) in [5.41, 5.74) is 8.79. The maximum Gasteiger partial charge on any atom is 0.0897 e. The fourth-order valence-corrected chi connectivity index (χ4v) is 2.05. The van der Waals surface area contributed by atoms with E-state index >= 15 is 0 Å². The molecule has 0 radical (unpaired) electrons. The van der Waals surface area contributed by atoms with Crippen LogP contribution in [0.25, 0.3) is 0 Å². The third-order valence-corrected chi connectivity index (χ3v) is 3.10. The Hall–Kier alpha value is -1.33. The quantitative estimate of drug-likeness (QED) is 0.879. The predicted molar refractivity (Wildman–Crippen MR) is 64.3 cm³/mol. The zero-order chi connectivity index (χ0) is 11.5. The minimum atomic E-state index is -0.130. The first-order valence-electron chi connectivity index (χ1n) is 5.10. The van der Waals surface area contributed by atoms with Gasteiger partial charge in [-0.05, 0) is 13.8 Å². The van der Waals surface area contributed by atoms with Gasteiger partial charge >= 0.3 is 0 Å². The van der Waals surface area contributed by atoms with Gasteiger partial charge in [-0.15, -0.1) is 11.3 Å². The summed E-state index contributed by atoms with van der Waals surface area (Å²) >= 11 is 1.64. The molecule has 0 saturated carbocycles. The molecule has 2 aromatic rings. The Morgan fingerprint density at radius 2 is 2.12 bits per heavy atom. The Morgan fingerprint density at radius 3 is 2.69 bits per heavy atom. The molecule has 2 rings (SSSR count). The number of hydrogen-bond donors (Lipinski definition) is 1. The van der Waals surface area contributed by atoms with Crippen molar-refractivity contribution in [3.8, 4) is 0 Å². The molecule has 0 fully saturated rings. The molecule has 5 heteroatoms. The van der Waals surface area contributed by atoms with Crippen molar-refractivity contribution in [1.29, 1.82) is 0 Å². The summed E-state index contributed by atoms with van der Waals surface area (Å²) in [6.45, 7) is 3.90. The van der Waals surface area contributed by atoms with Gasteiger partial charge in [-0.3, -0.25) is 9.97 Å². The Labute approximate surface area is 98.6 Å². The average Bonchev–Trinajstić information content (AvgIpc) is 2.65. The molecule has 0 saturated heterocycles. The van der Waals surface area contributed by atoms with Crippen molar-refractivity contribution in [3.63, 3.8) is 0 Å². The van der Waals surface area contributed by atoms with Crippen molar-refractivity contribution < 1.29 is 0 Å². The highest BCUT2D eigenvalue weighted by Gasteiger charge is 2.10. The van der Waals surface area contributed by atoms with E-state index in [2.05, 4.69) is 15.0 Å². The molecule has 0 aromatic carbocycles. The smallest absolute Gasteiger partial charge is 0.0897 e. The molecule has 1 atom stereocenters. The highest BCUT2D eigenvalue weighted by molar-refractivity contribution is 7.09. The van der Waals surface area contributed by atoms with Crippen LogP contribution in [0.5, 0.6) is 0 Å². The van der Waals surface area contributed by atoms with Crippen LogP contribution >= 0.6 is 11.3 Å². The minimum Gasteiger partial charge on any atom is -0.322 e. The molecule has 84 valence electrons. The zero-order valence-electron chi connectivity index (χ0n) is 9.34. The fourth-order valence-electron chi connectivity index (χ4n) is 1.43. The van der Waals surface area contributed by atoms with Crippen molar-refractivity contribution in [1.82, 2.24) is 15.0 Å². The van der Waals surface area contributed by atoms with Crippen molar-refractivity contribution in [2.45, 2.75) is 26.3 Å². The zero-order valence-corrected chi connectivity index (χ0v) is 10.2. The van der Waals surface area contributed by atoms with E-state index in [1.54, 1.807) is 23.7 Å². The van der Waals surface area contributed by atoms with E-state index in [9.17, 15) is 0 Å².